The molecule has 0 aromatic carbocycles. The van der Waals surface area contributed by atoms with Crippen LogP contribution < -0.4 is 0 Å². The van der Waals surface area contributed by atoms with Crippen LogP contribution in [0, 0.1) is 0 Å². The van der Waals surface area contributed by atoms with Crippen molar-refractivity contribution in [1.29, 1.82) is 0 Å². The molecular formula is C28H58N2Si2. The van der Waals surface area contributed by atoms with Crippen molar-refractivity contribution in [1.82, 2.24) is 9.13 Å². The van der Waals surface area contributed by atoms with Gasteiger partial charge in [-0.1, -0.05) is 122 Å². The maximum absolute atomic E-state index is 2.78. The zero-order valence-corrected chi connectivity index (χ0v) is 25.9. The minimum Gasteiger partial charge on any atom is -0.377 e. The van der Waals surface area contributed by atoms with Gasteiger partial charge in [-0.3, -0.25) is 0 Å². The molecule has 1 heterocycles. The maximum atomic E-state index is 2.78. The number of hydrogen-bond acceptors (Lipinski definition) is 2. The van der Waals surface area contributed by atoms with E-state index in [1.54, 1.807) is 0 Å². The fourth-order valence-electron chi connectivity index (χ4n) is 7.31. The number of nitrogens with zero attached hydrogens (tertiary/aromatic N) is 2. The molecule has 0 bridgehead atoms. The van der Waals surface area contributed by atoms with Crippen molar-refractivity contribution in [3.8, 4) is 0 Å². The molecule has 0 radical (unpaired) electrons. The van der Waals surface area contributed by atoms with E-state index in [1.165, 1.54) is 38.5 Å². The fourth-order valence-corrected chi connectivity index (χ4v) is 21.4. The zero-order valence-electron chi connectivity index (χ0n) is 23.9. The Morgan fingerprint density at radius 1 is 0.406 bits per heavy atom. The molecular weight excluding hydrogens is 420 g/mol. The van der Waals surface area contributed by atoms with Crippen LogP contribution in [0.15, 0.2) is 24.8 Å². The van der Waals surface area contributed by atoms with Crippen molar-refractivity contribution in [2.75, 3.05) is 0 Å². The molecule has 1 aliphatic heterocycles. The lowest BCUT2D eigenvalue weighted by Crippen LogP contribution is -2.61. The molecule has 0 saturated carbocycles. The van der Waals surface area contributed by atoms with E-state index in [0.29, 0.717) is 0 Å². The van der Waals surface area contributed by atoms with Crippen molar-refractivity contribution in [3.05, 3.63) is 24.8 Å². The van der Waals surface area contributed by atoms with E-state index >= 15 is 0 Å². The van der Waals surface area contributed by atoms with Gasteiger partial charge in [0.05, 0.1) is 0 Å². The minimum atomic E-state index is -1.75. The van der Waals surface area contributed by atoms with Gasteiger partial charge in [0.25, 0.3) is 0 Å². The second-order valence-electron chi connectivity index (χ2n) is 11.0. The van der Waals surface area contributed by atoms with Crippen molar-refractivity contribution in [2.45, 2.75) is 155 Å². The van der Waals surface area contributed by atoms with Crippen molar-refractivity contribution < 1.29 is 0 Å². The molecule has 1 aliphatic rings. The quantitative estimate of drug-likeness (QED) is 0.229. The van der Waals surface area contributed by atoms with Crippen molar-refractivity contribution in [3.63, 3.8) is 0 Å². The van der Waals surface area contributed by atoms with Crippen LogP contribution >= 0.6 is 0 Å². The molecule has 6 atom stereocenters. The van der Waals surface area contributed by atoms with Crippen LogP contribution in [0.5, 0.6) is 0 Å². The summed E-state index contributed by atoms with van der Waals surface area (Å²) in [5, 5.41) is 0. The van der Waals surface area contributed by atoms with Crippen molar-refractivity contribution in [2.24, 2.45) is 0 Å². The Balaban J connectivity index is 3.58. The highest BCUT2D eigenvalue weighted by molar-refractivity contribution is 6.82. The van der Waals surface area contributed by atoms with E-state index < -0.39 is 16.5 Å². The summed E-state index contributed by atoms with van der Waals surface area (Å²) in [6, 6.07) is 0. The molecule has 0 amide bonds. The number of hydrogen-bond donors (Lipinski definition) is 0. The Morgan fingerprint density at radius 2 is 0.562 bits per heavy atom. The summed E-state index contributed by atoms with van der Waals surface area (Å²) >= 11 is 0. The minimum absolute atomic E-state index is 0.786. The summed E-state index contributed by atoms with van der Waals surface area (Å²) in [7, 11) is -3.50. The van der Waals surface area contributed by atoms with Gasteiger partial charge in [-0.05, 0) is 33.2 Å². The Kier molecular flexibility index (Phi) is 11.8. The lowest BCUT2D eigenvalue weighted by molar-refractivity contribution is 0.518. The molecule has 32 heavy (non-hydrogen) atoms. The third-order valence-electron chi connectivity index (χ3n) is 10.1. The van der Waals surface area contributed by atoms with Crippen LogP contribution in [0.3, 0.4) is 0 Å². The molecule has 188 valence electrons. The van der Waals surface area contributed by atoms with E-state index in [2.05, 4.69) is 117 Å². The summed E-state index contributed by atoms with van der Waals surface area (Å²) in [6.07, 6.45) is 17.8. The first-order valence-electron chi connectivity index (χ1n) is 14.0. The Labute approximate surface area is 205 Å². The van der Waals surface area contributed by atoms with E-state index in [0.717, 1.165) is 33.2 Å². The second-order valence-corrected chi connectivity index (χ2v) is 21.5. The van der Waals surface area contributed by atoms with Gasteiger partial charge in [0.1, 0.15) is 0 Å². The predicted molar refractivity (Wildman–Crippen MR) is 152 cm³/mol. The van der Waals surface area contributed by atoms with E-state index in [4.69, 9.17) is 0 Å². The highest BCUT2D eigenvalue weighted by Crippen LogP contribution is 2.52. The fraction of sp³-hybridized carbons (Fsp3) is 0.857. The van der Waals surface area contributed by atoms with Gasteiger partial charge in [-0.25, -0.2) is 0 Å². The summed E-state index contributed by atoms with van der Waals surface area (Å²) in [4.78, 5) is 0. The molecule has 4 heteroatoms. The summed E-state index contributed by atoms with van der Waals surface area (Å²) in [6.45, 7) is 29.8. The van der Waals surface area contributed by atoms with E-state index in [-0.39, 0.29) is 0 Å². The van der Waals surface area contributed by atoms with E-state index in [9.17, 15) is 0 Å². The zero-order chi connectivity index (χ0) is 24.7. The Morgan fingerprint density at radius 3 is 0.688 bits per heavy atom. The van der Waals surface area contributed by atoms with Gasteiger partial charge in [0.2, 0.25) is 0 Å². The third kappa shape index (κ3) is 4.97. The van der Waals surface area contributed by atoms with Gasteiger partial charge in [0, 0.05) is 24.8 Å². The molecule has 0 N–H and O–H groups in total. The summed E-state index contributed by atoms with van der Waals surface area (Å²) in [5.74, 6) is 0. The first-order chi connectivity index (χ1) is 15.1. The molecule has 2 nitrogen and oxygen atoms in total. The Bertz CT molecular complexity index is 485. The largest absolute Gasteiger partial charge is 0.377 e. The normalized spacial score (nSPS) is 23.8. The van der Waals surface area contributed by atoms with Crippen LogP contribution in [0.1, 0.15) is 122 Å². The van der Waals surface area contributed by atoms with Gasteiger partial charge in [-0.2, -0.15) is 0 Å². The SMILES string of the molecule is CCC(C)[Si](C(C)CC)(C(C)CC)N1C=CN([Si](C(C)CC)(C(C)CC)C(C)CC)C=C1. The third-order valence-corrected chi connectivity index (χ3v) is 24.4. The van der Waals surface area contributed by atoms with Gasteiger partial charge in [0.15, 0.2) is 16.5 Å². The standard InChI is InChI=1S/C28H58N2Si2/c1-13-23(7)31(24(8)14-2,25(9)15-3)29-19-21-30(22-20-29)32(26(10)16-4,27(11)17-5)28(12)18-6/h19-28H,13-18H2,1-12H3. The first-order valence-corrected chi connectivity index (χ1v) is 18.4. The molecule has 0 aromatic rings. The van der Waals surface area contributed by atoms with Gasteiger partial charge in [-0.15, -0.1) is 0 Å². The lowest BCUT2D eigenvalue weighted by Gasteiger charge is -2.55. The lowest BCUT2D eigenvalue weighted by atomic mass is 10.3. The van der Waals surface area contributed by atoms with Gasteiger partial charge < -0.3 is 9.13 Å². The average molecular weight is 479 g/mol. The van der Waals surface area contributed by atoms with Gasteiger partial charge >= 0.3 is 0 Å². The smallest absolute Gasteiger partial charge is 0.169 e. The second kappa shape index (κ2) is 12.8. The topological polar surface area (TPSA) is 6.48 Å². The first kappa shape index (κ1) is 29.5. The Hall–Kier alpha value is -0.486. The summed E-state index contributed by atoms with van der Waals surface area (Å²) in [5.41, 5.74) is 4.72. The molecule has 0 aromatic heterocycles. The average Bonchev–Trinajstić information content (AvgIpc) is 2.83. The van der Waals surface area contributed by atoms with Crippen molar-refractivity contribution >= 4 is 16.5 Å². The molecule has 1 rings (SSSR count). The molecule has 0 spiro atoms. The highest BCUT2D eigenvalue weighted by Gasteiger charge is 2.53. The highest BCUT2D eigenvalue weighted by atomic mass is 28.3. The predicted octanol–water partition coefficient (Wildman–Crippen LogP) is 10.2. The van der Waals surface area contributed by atoms with Crippen LogP contribution in [0.4, 0.5) is 0 Å². The molecule has 0 fully saturated rings. The molecule has 0 saturated heterocycles. The number of rotatable bonds is 14. The molecule has 6 unspecified atom stereocenters. The molecule has 0 aliphatic carbocycles. The monoisotopic (exact) mass is 478 g/mol. The summed E-state index contributed by atoms with van der Waals surface area (Å²) < 4.78 is 5.56. The van der Waals surface area contributed by atoms with E-state index in [1.807, 2.05) is 0 Å². The van der Waals surface area contributed by atoms with Crippen LogP contribution in [0.25, 0.3) is 0 Å². The van der Waals surface area contributed by atoms with Crippen LogP contribution in [0.2, 0.25) is 33.2 Å². The van der Waals surface area contributed by atoms with Crippen LogP contribution in [-0.2, 0) is 0 Å². The van der Waals surface area contributed by atoms with Crippen LogP contribution in [-0.4, -0.2) is 25.6 Å². The maximum Gasteiger partial charge on any atom is 0.169 e.